The average Bonchev–Trinajstić information content (AvgIpc) is 2.59. The predicted octanol–water partition coefficient (Wildman–Crippen LogP) is 4.71. The fraction of sp³-hybridized carbons (Fsp3) is 0.158. The van der Waals surface area contributed by atoms with E-state index in [0.29, 0.717) is 31.1 Å². The van der Waals surface area contributed by atoms with Gasteiger partial charge in [-0.25, -0.2) is 4.98 Å². The van der Waals surface area contributed by atoms with Crippen molar-refractivity contribution in [2.45, 2.75) is 12.8 Å². The molecule has 4 nitrogen and oxygen atoms in total. The molecular weight excluding hydrogens is 288 g/mol. The molecule has 0 spiro atoms. The summed E-state index contributed by atoms with van der Waals surface area (Å²) < 4.78 is 11.4. The molecule has 0 N–H and O–H groups in total. The van der Waals surface area contributed by atoms with Gasteiger partial charge in [0.2, 0.25) is 5.88 Å². The zero-order valence-corrected chi connectivity index (χ0v) is 12.6. The van der Waals surface area contributed by atoms with Crippen LogP contribution in [0.25, 0.3) is 10.9 Å². The fourth-order valence-electron chi connectivity index (χ4n) is 2.19. The van der Waals surface area contributed by atoms with Crippen LogP contribution in [0.1, 0.15) is 12.8 Å². The van der Waals surface area contributed by atoms with Crippen LogP contribution in [-0.2, 0) is 0 Å². The number of fused-ring (bicyclic) bond motifs is 1. The second kappa shape index (κ2) is 7.28. The maximum Gasteiger partial charge on any atom is 0.219 e. The van der Waals surface area contributed by atoms with Crippen molar-refractivity contribution in [1.82, 2.24) is 4.98 Å². The van der Waals surface area contributed by atoms with Crippen LogP contribution in [0.3, 0.4) is 0 Å². The summed E-state index contributed by atoms with van der Waals surface area (Å²) in [7, 11) is 0. The lowest BCUT2D eigenvalue weighted by Crippen LogP contribution is -1.97. The number of hydrogen-bond donors (Lipinski definition) is 0. The molecule has 0 atom stereocenters. The molecule has 0 aliphatic carbocycles. The highest BCUT2D eigenvalue weighted by Crippen LogP contribution is 2.25. The van der Waals surface area contributed by atoms with Gasteiger partial charge in [-0.15, -0.1) is 0 Å². The van der Waals surface area contributed by atoms with Gasteiger partial charge in [0.15, 0.2) is 0 Å². The van der Waals surface area contributed by atoms with Crippen LogP contribution in [0, 0.1) is 11.3 Å². The van der Waals surface area contributed by atoms with Crippen molar-refractivity contribution in [3.05, 3.63) is 60.7 Å². The molecule has 2 aromatic carbocycles. The van der Waals surface area contributed by atoms with Gasteiger partial charge in [-0.1, -0.05) is 24.3 Å². The predicted molar refractivity (Wildman–Crippen MR) is 88.6 cm³/mol. The van der Waals surface area contributed by atoms with Crippen molar-refractivity contribution < 1.29 is 9.47 Å². The van der Waals surface area contributed by atoms with Crippen LogP contribution < -0.4 is 9.47 Å². The summed E-state index contributed by atoms with van der Waals surface area (Å²) in [6.07, 6.45) is 1.21. The zero-order valence-electron chi connectivity index (χ0n) is 12.6. The first kappa shape index (κ1) is 14.9. The highest BCUT2D eigenvalue weighted by Gasteiger charge is 2.03. The highest BCUT2D eigenvalue weighted by molar-refractivity contribution is 5.78. The van der Waals surface area contributed by atoms with E-state index in [1.165, 1.54) is 0 Å². The molecule has 0 saturated heterocycles. The molecule has 0 aliphatic heterocycles. The van der Waals surface area contributed by atoms with E-state index in [1.807, 2.05) is 60.7 Å². The summed E-state index contributed by atoms with van der Waals surface area (Å²) in [5.41, 5.74) is 0.897. The maximum atomic E-state index is 8.51. The van der Waals surface area contributed by atoms with E-state index in [2.05, 4.69) is 11.1 Å². The molecule has 23 heavy (non-hydrogen) atoms. The summed E-state index contributed by atoms with van der Waals surface area (Å²) in [6, 6.07) is 21.3. The Labute approximate surface area is 134 Å². The first-order valence-corrected chi connectivity index (χ1v) is 7.48. The lowest BCUT2D eigenvalue weighted by molar-refractivity contribution is 0.311. The number of pyridine rings is 1. The van der Waals surface area contributed by atoms with Crippen molar-refractivity contribution in [2.75, 3.05) is 6.61 Å². The van der Waals surface area contributed by atoms with Crippen LogP contribution >= 0.6 is 0 Å². The molecule has 1 heterocycles. The van der Waals surface area contributed by atoms with Gasteiger partial charge >= 0.3 is 0 Å². The molecule has 1 aromatic heterocycles. The molecule has 0 fully saturated rings. The van der Waals surface area contributed by atoms with Crippen LogP contribution in [0.5, 0.6) is 17.4 Å². The lowest BCUT2D eigenvalue weighted by atomic mass is 10.2. The molecule has 0 aliphatic rings. The Bertz CT molecular complexity index is 840. The fourth-order valence-corrected chi connectivity index (χ4v) is 2.19. The summed E-state index contributed by atoms with van der Waals surface area (Å²) in [4.78, 5) is 4.49. The van der Waals surface area contributed by atoms with Crippen molar-refractivity contribution in [2.24, 2.45) is 0 Å². The Morgan fingerprint density at radius 3 is 2.74 bits per heavy atom. The van der Waals surface area contributed by atoms with E-state index in [4.69, 9.17) is 14.7 Å². The van der Waals surface area contributed by atoms with Crippen LogP contribution in [-0.4, -0.2) is 11.6 Å². The number of aromatic nitrogens is 1. The second-order valence-electron chi connectivity index (χ2n) is 5.03. The van der Waals surface area contributed by atoms with Crippen LogP contribution in [0.2, 0.25) is 0 Å². The number of para-hydroxylation sites is 1. The van der Waals surface area contributed by atoms with Gasteiger partial charge in [0, 0.05) is 23.9 Å². The van der Waals surface area contributed by atoms with E-state index in [1.54, 1.807) is 0 Å². The minimum absolute atomic E-state index is 0.497. The average molecular weight is 304 g/mol. The Balaban J connectivity index is 1.70. The van der Waals surface area contributed by atoms with Crippen molar-refractivity contribution in [1.29, 1.82) is 5.26 Å². The molecule has 0 saturated carbocycles. The number of benzene rings is 2. The Morgan fingerprint density at radius 2 is 1.83 bits per heavy atom. The minimum Gasteiger partial charge on any atom is -0.493 e. The molecule has 0 unspecified atom stereocenters. The van der Waals surface area contributed by atoms with E-state index in [-0.39, 0.29) is 0 Å². The normalized spacial score (nSPS) is 10.2. The first-order chi connectivity index (χ1) is 11.3. The van der Waals surface area contributed by atoms with E-state index in [0.717, 1.165) is 16.7 Å². The number of nitrogens with zero attached hydrogens (tertiary/aromatic N) is 2. The lowest BCUT2D eigenvalue weighted by Gasteiger charge is -2.09. The van der Waals surface area contributed by atoms with Gasteiger partial charge in [0.25, 0.3) is 0 Å². The third-order valence-corrected chi connectivity index (χ3v) is 3.30. The van der Waals surface area contributed by atoms with Gasteiger partial charge in [0.1, 0.15) is 11.5 Å². The summed E-state index contributed by atoms with van der Waals surface area (Å²) in [5.74, 6) is 1.94. The minimum atomic E-state index is 0.497. The van der Waals surface area contributed by atoms with Crippen molar-refractivity contribution in [3.63, 3.8) is 0 Å². The van der Waals surface area contributed by atoms with Crippen molar-refractivity contribution in [3.8, 4) is 23.4 Å². The van der Waals surface area contributed by atoms with E-state index < -0.39 is 0 Å². The van der Waals surface area contributed by atoms with Gasteiger partial charge in [-0.05, 0) is 30.7 Å². The number of rotatable bonds is 6. The van der Waals surface area contributed by atoms with Crippen LogP contribution in [0.15, 0.2) is 60.7 Å². The Hall–Kier alpha value is -3.06. The SMILES string of the molecule is N#CCCCOc1cccc(Oc2ccc3ccccc3n2)c1. The Morgan fingerprint density at radius 1 is 0.957 bits per heavy atom. The summed E-state index contributed by atoms with van der Waals surface area (Å²) >= 11 is 0. The first-order valence-electron chi connectivity index (χ1n) is 7.48. The van der Waals surface area contributed by atoms with Gasteiger partial charge in [-0.2, -0.15) is 5.26 Å². The molecule has 3 aromatic rings. The third-order valence-electron chi connectivity index (χ3n) is 3.30. The van der Waals surface area contributed by atoms with Gasteiger partial charge in [-0.3, -0.25) is 0 Å². The Kier molecular flexibility index (Phi) is 4.70. The van der Waals surface area contributed by atoms with Crippen LogP contribution in [0.4, 0.5) is 0 Å². The van der Waals surface area contributed by atoms with Gasteiger partial charge in [0.05, 0.1) is 18.2 Å². The topological polar surface area (TPSA) is 55.1 Å². The number of hydrogen-bond acceptors (Lipinski definition) is 4. The molecule has 0 bridgehead atoms. The van der Waals surface area contributed by atoms with Gasteiger partial charge < -0.3 is 9.47 Å². The molecular formula is C19H16N2O2. The third kappa shape index (κ3) is 3.98. The molecule has 0 radical (unpaired) electrons. The smallest absolute Gasteiger partial charge is 0.219 e. The van der Waals surface area contributed by atoms with Crippen molar-refractivity contribution >= 4 is 10.9 Å². The number of unbranched alkanes of at least 4 members (excludes halogenated alkanes) is 1. The molecule has 114 valence electrons. The molecule has 4 heteroatoms. The zero-order chi connectivity index (χ0) is 15.9. The maximum absolute atomic E-state index is 8.51. The largest absolute Gasteiger partial charge is 0.493 e. The quantitative estimate of drug-likeness (QED) is 0.619. The summed E-state index contributed by atoms with van der Waals surface area (Å²) in [5, 5.41) is 9.59. The van der Waals surface area contributed by atoms with E-state index in [9.17, 15) is 0 Å². The second-order valence-corrected chi connectivity index (χ2v) is 5.03. The van der Waals surface area contributed by atoms with E-state index >= 15 is 0 Å². The highest BCUT2D eigenvalue weighted by atomic mass is 16.5. The summed E-state index contributed by atoms with van der Waals surface area (Å²) in [6.45, 7) is 0.519. The molecule has 3 rings (SSSR count). The number of nitriles is 1. The number of ether oxygens (including phenoxy) is 2. The monoisotopic (exact) mass is 304 g/mol. The standard InChI is InChI=1S/C19H16N2O2/c20-12-3-4-13-22-16-7-5-8-17(14-16)23-19-11-10-15-6-1-2-9-18(15)21-19/h1-2,5-11,14H,3-4,13H2. The molecule has 0 amide bonds.